The molecule has 0 aliphatic carbocycles. The van der Waals surface area contributed by atoms with E-state index >= 15 is 0 Å². The number of nitrogens with zero attached hydrogens (tertiary/aromatic N) is 1. The number of carbonyl (C=O) groups excluding carboxylic acids is 3. The van der Waals surface area contributed by atoms with Crippen LogP contribution < -0.4 is 15.0 Å². The van der Waals surface area contributed by atoms with Gasteiger partial charge in [0.25, 0.3) is 11.8 Å². The lowest BCUT2D eigenvalue weighted by atomic mass is 10.0. The minimum Gasteiger partial charge on any atom is -0.494 e. The van der Waals surface area contributed by atoms with Gasteiger partial charge < -0.3 is 4.74 Å². The smallest absolute Gasteiger partial charge is 0.335 e. The Kier molecular flexibility index (Phi) is 6.14. The molecular weight excluding hydrogens is 392 g/mol. The van der Waals surface area contributed by atoms with E-state index in [4.69, 9.17) is 16.3 Å². The normalized spacial score (nSPS) is 15.4. The molecule has 3 rings (SSSR count). The number of hydrogen-bond acceptors (Lipinski definition) is 4. The maximum atomic E-state index is 12.9. The van der Waals surface area contributed by atoms with E-state index in [-0.39, 0.29) is 5.57 Å². The van der Waals surface area contributed by atoms with Crippen LogP contribution in [-0.2, 0) is 16.0 Å². The Morgan fingerprint density at radius 2 is 1.86 bits per heavy atom. The summed E-state index contributed by atoms with van der Waals surface area (Å²) < 4.78 is 5.60. The summed E-state index contributed by atoms with van der Waals surface area (Å²) >= 11 is 5.87. The first-order valence-corrected chi connectivity index (χ1v) is 9.36. The Morgan fingerprint density at radius 1 is 1.14 bits per heavy atom. The molecular formula is C22H19ClN2O4. The van der Waals surface area contributed by atoms with Crippen molar-refractivity contribution >= 4 is 41.2 Å². The van der Waals surface area contributed by atoms with Crippen molar-refractivity contribution in [1.29, 1.82) is 0 Å². The lowest BCUT2D eigenvalue weighted by Gasteiger charge is -2.26. The fraction of sp³-hybridized carbons (Fsp3) is 0.136. The van der Waals surface area contributed by atoms with Crippen molar-refractivity contribution in [3.05, 3.63) is 76.8 Å². The van der Waals surface area contributed by atoms with E-state index in [9.17, 15) is 14.4 Å². The average Bonchev–Trinajstić information content (AvgIpc) is 2.69. The quantitative estimate of drug-likeness (QED) is 0.441. The lowest BCUT2D eigenvalue weighted by Crippen LogP contribution is -2.54. The summed E-state index contributed by atoms with van der Waals surface area (Å²) in [4.78, 5) is 38.4. The molecule has 2 aromatic rings. The van der Waals surface area contributed by atoms with Crippen LogP contribution in [0.1, 0.15) is 18.1 Å². The van der Waals surface area contributed by atoms with Crippen LogP contribution in [0.2, 0.25) is 5.02 Å². The van der Waals surface area contributed by atoms with Gasteiger partial charge in [0.2, 0.25) is 0 Å². The summed E-state index contributed by atoms with van der Waals surface area (Å²) in [7, 11) is 0. The second kappa shape index (κ2) is 8.75. The molecule has 0 spiro atoms. The standard InChI is InChI=1S/C22H19ClN2O4/c1-3-5-15-12-14(6-11-19(15)29-4-2)13-18-20(26)24-22(28)25(21(18)27)17-9-7-16(23)8-10-17/h3,6-13H,1,4-5H2,2H3,(H,24,26,28)/b18-13+. The summed E-state index contributed by atoms with van der Waals surface area (Å²) in [5.41, 5.74) is 1.68. The third-order valence-corrected chi connectivity index (χ3v) is 4.50. The number of imide groups is 2. The number of halogens is 1. The SMILES string of the molecule is C=CCc1cc(/C=C2\C(=O)NC(=O)N(c3ccc(Cl)cc3)C2=O)ccc1OCC. The average molecular weight is 411 g/mol. The number of allylic oxidation sites excluding steroid dienone is 1. The first kappa shape index (κ1) is 20.4. The third kappa shape index (κ3) is 4.38. The topological polar surface area (TPSA) is 75.7 Å². The molecule has 2 aromatic carbocycles. The molecule has 4 amide bonds. The molecule has 0 atom stereocenters. The highest BCUT2D eigenvalue weighted by Gasteiger charge is 2.36. The fourth-order valence-corrected chi connectivity index (χ4v) is 3.08. The van der Waals surface area contributed by atoms with E-state index in [0.29, 0.717) is 35.1 Å². The minimum atomic E-state index is -0.807. The van der Waals surface area contributed by atoms with Crippen LogP contribution in [-0.4, -0.2) is 24.5 Å². The maximum absolute atomic E-state index is 12.9. The highest BCUT2D eigenvalue weighted by molar-refractivity contribution is 6.39. The summed E-state index contributed by atoms with van der Waals surface area (Å²) in [6.45, 7) is 6.15. The van der Waals surface area contributed by atoms with Crippen molar-refractivity contribution in [2.45, 2.75) is 13.3 Å². The van der Waals surface area contributed by atoms with E-state index in [1.54, 1.807) is 30.3 Å². The van der Waals surface area contributed by atoms with Crippen LogP contribution in [0.3, 0.4) is 0 Å². The van der Waals surface area contributed by atoms with Crippen LogP contribution in [0.5, 0.6) is 5.75 Å². The third-order valence-electron chi connectivity index (χ3n) is 4.25. The van der Waals surface area contributed by atoms with Crippen molar-refractivity contribution < 1.29 is 19.1 Å². The van der Waals surface area contributed by atoms with Crippen molar-refractivity contribution in [3.63, 3.8) is 0 Å². The van der Waals surface area contributed by atoms with E-state index in [0.717, 1.165) is 10.5 Å². The number of benzene rings is 2. The molecule has 0 bridgehead atoms. The molecule has 1 N–H and O–H groups in total. The Morgan fingerprint density at radius 3 is 2.52 bits per heavy atom. The maximum Gasteiger partial charge on any atom is 0.335 e. The van der Waals surface area contributed by atoms with E-state index in [1.165, 1.54) is 18.2 Å². The molecule has 0 saturated carbocycles. The van der Waals surface area contributed by atoms with Crippen LogP contribution in [0.25, 0.3) is 6.08 Å². The molecule has 1 fully saturated rings. The monoisotopic (exact) mass is 410 g/mol. The number of hydrogen-bond donors (Lipinski definition) is 1. The van der Waals surface area contributed by atoms with E-state index in [1.807, 2.05) is 13.0 Å². The molecule has 1 aliphatic rings. The van der Waals surface area contributed by atoms with Crippen molar-refractivity contribution in [2.75, 3.05) is 11.5 Å². The number of rotatable bonds is 6. The molecule has 148 valence electrons. The van der Waals surface area contributed by atoms with Gasteiger partial charge in [-0.15, -0.1) is 6.58 Å². The lowest BCUT2D eigenvalue weighted by molar-refractivity contribution is -0.122. The van der Waals surface area contributed by atoms with Crippen LogP contribution in [0.4, 0.5) is 10.5 Å². The van der Waals surface area contributed by atoms with Gasteiger partial charge >= 0.3 is 6.03 Å². The number of ether oxygens (including phenoxy) is 1. The minimum absolute atomic E-state index is 0.145. The fourth-order valence-electron chi connectivity index (χ4n) is 2.95. The highest BCUT2D eigenvalue weighted by Crippen LogP contribution is 2.26. The summed E-state index contributed by atoms with van der Waals surface area (Å²) in [6, 6.07) is 10.7. The number of amides is 4. The summed E-state index contributed by atoms with van der Waals surface area (Å²) in [5.74, 6) is -0.739. The van der Waals surface area contributed by atoms with Crippen molar-refractivity contribution in [1.82, 2.24) is 5.32 Å². The molecule has 0 unspecified atom stereocenters. The second-order valence-corrected chi connectivity index (χ2v) is 6.66. The van der Waals surface area contributed by atoms with Gasteiger partial charge in [-0.05, 0) is 66.9 Å². The molecule has 1 saturated heterocycles. The molecule has 0 radical (unpaired) electrons. The van der Waals surface area contributed by atoms with Crippen LogP contribution in [0, 0.1) is 0 Å². The molecule has 0 aromatic heterocycles. The highest BCUT2D eigenvalue weighted by atomic mass is 35.5. The van der Waals surface area contributed by atoms with Gasteiger partial charge in [-0.3, -0.25) is 14.9 Å². The molecule has 7 heteroatoms. The first-order chi connectivity index (χ1) is 13.9. The van der Waals surface area contributed by atoms with Gasteiger partial charge in [-0.2, -0.15) is 0 Å². The predicted molar refractivity (Wildman–Crippen MR) is 112 cm³/mol. The number of carbonyl (C=O) groups is 3. The largest absolute Gasteiger partial charge is 0.494 e. The van der Waals surface area contributed by atoms with Crippen molar-refractivity contribution in [3.8, 4) is 5.75 Å². The molecule has 1 heterocycles. The second-order valence-electron chi connectivity index (χ2n) is 6.23. The van der Waals surface area contributed by atoms with E-state index in [2.05, 4.69) is 11.9 Å². The number of anilines is 1. The number of urea groups is 1. The van der Waals surface area contributed by atoms with Gasteiger partial charge in [0.15, 0.2) is 0 Å². The zero-order valence-electron chi connectivity index (χ0n) is 15.8. The summed E-state index contributed by atoms with van der Waals surface area (Å²) in [6.07, 6.45) is 3.77. The number of barbiturate groups is 1. The van der Waals surface area contributed by atoms with Gasteiger partial charge in [-0.25, -0.2) is 9.69 Å². The zero-order chi connectivity index (χ0) is 21.0. The Hall–Kier alpha value is -3.38. The Labute approximate surface area is 173 Å². The Balaban J connectivity index is 1.99. The first-order valence-electron chi connectivity index (χ1n) is 8.98. The van der Waals surface area contributed by atoms with Gasteiger partial charge in [0, 0.05) is 5.02 Å². The van der Waals surface area contributed by atoms with E-state index < -0.39 is 17.8 Å². The predicted octanol–water partition coefficient (Wildman–Crippen LogP) is 4.13. The summed E-state index contributed by atoms with van der Waals surface area (Å²) in [5, 5.41) is 2.67. The van der Waals surface area contributed by atoms with Crippen LogP contribution >= 0.6 is 11.6 Å². The Bertz CT molecular complexity index is 1010. The zero-order valence-corrected chi connectivity index (χ0v) is 16.5. The molecule has 29 heavy (non-hydrogen) atoms. The molecule has 1 aliphatic heterocycles. The van der Waals surface area contributed by atoms with Gasteiger partial charge in [0.1, 0.15) is 11.3 Å². The van der Waals surface area contributed by atoms with Gasteiger partial charge in [-0.1, -0.05) is 23.7 Å². The van der Waals surface area contributed by atoms with Crippen LogP contribution in [0.15, 0.2) is 60.7 Å². The molecule has 6 nitrogen and oxygen atoms in total. The number of nitrogens with one attached hydrogen (secondary N) is 1. The van der Waals surface area contributed by atoms with Gasteiger partial charge in [0.05, 0.1) is 12.3 Å². The van der Waals surface area contributed by atoms with Crippen molar-refractivity contribution in [2.24, 2.45) is 0 Å².